The lowest BCUT2D eigenvalue weighted by molar-refractivity contribution is 0.587. The third-order valence-corrected chi connectivity index (χ3v) is 1.56. The first kappa shape index (κ1) is 7.02. The predicted octanol–water partition coefficient (Wildman–Crippen LogP) is 0.426. The Balaban J connectivity index is 3.36. The second-order valence-electron chi connectivity index (χ2n) is 2.49. The Morgan fingerprint density at radius 1 is 1.43 bits per heavy atom. The summed E-state index contributed by atoms with van der Waals surface area (Å²) < 4.78 is 0. The highest BCUT2D eigenvalue weighted by Gasteiger charge is 2.10. The average molecular weight is 99.0 g/mol. The van der Waals surface area contributed by atoms with Gasteiger partial charge in [-0.1, -0.05) is 20.7 Å². The van der Waals surface area contributed by atoms with E-state index in [9.17, 15) is 0 Å². The van der Waals surface area contributed by atoms with Gasteiger partial charge in [0.25, 0.3) is 0 Å². The first-order valence-corrected chi connectivity index (χ1v) is 2.81. The monoisotopic (exact) mass is 99.1 g/mol. The summed E-state index contributed by atoms with van der Waals surface area (Å²) in [6, 6.07) is 0. The van der Waals surface area contributed by atoms with Gasteiger partial charge in [0.2, 0.25) is 0 Å². The zero-order valence-electron chi connectivity index (χ0n) is 5.71. The van der Waals surface area contributed by atoms with E-state index in [0.29, 0.717) is 5.44 Å². The Morgan fingerprint density at radius 3 is 1.86 bits per heavy atom. The molecule has 0 bridgehead atoms. The molecule has 2 heteroatoms. The molecule has 0 aromatic heterocycles. The fourth-order valence-corrected chi connectivity index (χ4v) is 0.177. The zero-order valence-corrected chi connectivity index (χ0v) is 5.71. The summed E-state index contributed by atoms with van der Waals surface area (Å²) in [4.78, 5) is 0. The van der Waals surface area contributed by atoms with Gasteiger partial charge in [-0.15, -0.1) is 0 Å². The van der Waals surface area contributed by atoms with Crippen molar-refractivity contribution < 1.29 is 0 Å². The third-order valence-electron chi connectivity index (χ3n) is 1.56. The van der Waals surface area contributed by atoms with Crippen LogP contribution in [0.2, 0.25) is 6.82 Å². The van der Waals surface area contributed by atoms with Crippen LogP contribution in [-0.4, -0.2) is 19.8 Å². The third kappa shape index (κ3) is 2.69. The van der Waals surface area contributed by atoms with Crippen molar-refractivity contribution in [2.24, 2.45) is 0 Å². The van der Waals surface area contributed by atoms with E-state index < -0.39 is 0 Å². The van der Waals surface area contributed by atoms with E-state index in [1.807, 2.05) is 7.05 Å². The fourth-order valence-electron chi connectivity index (χ4n) is 0.177. The van der Waals surface area contributed by atoms with Crippen LogP contribution < -0.4 is 5.32 Å². The van der Waals surface area contributed by atoms with E-state index in [0.717, 1.165) is 0 Å². The van der Waals surface area contributed by atoms with Crippen molar-refractivity contribution in [3.05, 3.63) is 0 Å². The van der Waals surface area contributed by atoms with Gasteiger partial charge >= 0.3 is 0 Å². The van der Waals surface area contributed by atoms with Crippen LogP contribution in [0.5, 0.6) is 0 Å². The van der Waals surface area contributed by atoms with E-state index in [-0.39, 0.29) is 0 Å². The molecule has 0 heterocycles. The number of nitrogens with one attached hydrogen (secondary N) is 1. The summed E-state index contributed by atoms with van der Waals surface area (Å²) in [5.41, 5.74) is 0.333. The van der Waals surface area contributed by atoms with E-state index >= 15 is 0 Å². The molecule has 0 aliphatic rings. The largest absolute Gasteiger partial charge is 0.322 e. The second kappa shape index (κ2) is 2.36. The molecular formula is C5H14BN. The van der Waals surface area contributed by atoms with Gasteiger partial charge in [0.1, 0.15) is 7.28 Å². The number of rotatable bonds is 2. The molecule has 0 saturated heterocycles. The average Bonchev–Trinajstić information content (AvgIpc) is 1.68. The Bertz CT molecular complexity index is 46.0. The normalized spacial score (nSPS) is 11.4. The standard InChI is InChI=1S/C5H14BN/c1-5(2,6-3)7-4/h6-7H,1-4H3. The van der Waals surface area contributed by atoms with E-state index in [1.54, 1.807) is 0 Å². The summed E-state index contributed by atoms with van der Waals surface area (Å²) >= 11 is 0. The van der Waals surface area contributed by atoms with Crippen molar-refractivity contribution in [2.75, 3.05) is 7.05 Å². The highest BCUT2D eigenvalue weighted by molar-refractivity contribution is 6.37. The minimum absolute atomic E-state index is 0.333. The van der Waals surface area contributed by atoms with Gasteiger partial charge in [0.15, 0.2) is 0 Å². The van der Waals surface area contributed by atoms with Crippen LogP contribution >= 0.6 is 0 Å². The molecule has 0 unspecified atom stereocenters. The van der Waals surface area contributed by atoms with Crippen molar-refractivity contribution in [3.63, 3.8) is 0 Å². The molecule has 0 aromatic carbocycles. The maximum absolute atomic E-state index is 3.19. The lowest BCUT2D eigenvalue weighted by atomic mass is 9.62. The summed E-state index contributed by atoms with van der Waals surface area (Å²) in [5.74, 6) is 0. The summed E-state index contributed by atoms with van der Waals surface area (Å²) in [5, 5.41) is 3.19. The smallest absolute Gasteiger partial charge is 0.142 e. The summed E-state index contributed by atoms with van der Waals surface area (Å²) in [7, 11) is 3.17. The second-order valence-corrected chi connectivity index (χ2v) is 2.49. The van der Waals surface area contributed by atoms with Crippen molar-refractivity contribution in [2.45, 2.75) is 26.1 Å². The Hall–Kier alpha value is 0.0249. The lowest BCUT2D eigenvalue weighted by Gasteiger charge is -2.19. The van der Waals surface area contributed by atoms with Crippen LogP contribution in [0.4, 0.5) is 0 Å². The molecular weight excluding hydrogens is 84.9 g/mol. The summed E-state index contributed by atoms with van der Waals surface area (Å²) in [6.07, 6.45) is 0. The van der Waals surface area contributed by atoms with Gasteiger partial charge in [-0.25, -0.2) is 0 Å². The van der Waals surface area contributed by atoms with Crippen molar-refractivity contribution in [1.29, 1.82) is 0 Å². The minimum atomic E-state index is 0.333. The molecule has 0 aliphatic heterocycles. The van der Waals surface area contributed by atoms with Crippen LogP contribution in [-0.2, 0) is 0 Å². The Kier molecular flexibility index (Phi) is 2.37. The summed E-state index contributed by atoms with van der Waals surface area (Å²) in [6.45, 7) is 6.55. The van der Waals surface area contributed by atoms with E-state index in [2.05, 4.69) is 26.0 Å². The maximum Gasteiger partial charge on any atom is 0.142 e. The van der Waals surface area contributed by atoms with E-state index in [1.165, 1.54) is 7.28 Å². The topological polar surface area (TPSA) is 12.0 Å². The first-order valence-electron chi connectivity index (χ1n) is 2.81. The molecule has 0 aromatic rings. The quantitative estimate of drug-likeness (QED) is 0.495. The molecule has 0 spiro atoms. The lowest BCUT2D eigenvalue weighted by Crippen LogP contribution is -2.40. The minimum Gasteiger partial charge on any atom is -0.322 e. The molecule has 42 valence electrons. The molecule has 0 amide bonds. The van der Waals surface area contributed by atoms with Crippen molar-refractivity contribution >= 4 is 7.28 Å². The van der Waals surface area contributed by atoms with Gasteiger partial charge in [0.05, 0.1) is 0 Å². The molecule has 0 rings (SSSR count). The zero-order chi connectivity index (χ0) is 5.91. The highest BCUT2D eigenvalue weighted by atomic mass is 14.9. The molecule has 0 radical (unpaired) electrons. The molecule has 1 N–H and O–H groups in total. The van der Waals surface area contributed by atoms with Gasteiger partial charge < -0.3 is 5.32 Å². The first-order chi connectivity index (χ1) is 3.12. The molecule has 0 atom stereocenters. The number of hydrogen-bond acceptors (Lipinski definition) is 1. The van der Waals surface area contributed by atoms with Crippen molar-refractivity contribution in [1.82, 2.24) is 5.32 Å². The van der Waals surface area contributed by atoms with Crippen LogP contribution in [0.1, 0.15) is 13.8 Å². The van der Waals surface area contributed by atoms with Crippen molar-refractivity contribution in [3.8, 4) is 0 Å². The van der Waals surface area contributed by atoms with Crippen LogP contribution in [0.25, 0.3) is 0 Å². The number of hydrogen-bond donors (Lipinski definition) is 1. The van der Waals surface area contributed by atoms with Gasteiger partial charge in [-0.2, -0.15) is 0 Å². The molecule has 0 aliphatic carbocycles. The molecule has 0 saturated carbocycles. The van der Waals surface area contributed by atoms with Gasteiger partial charge in [0, 0.05) is 0 Å². The van der Waals surface area contributed by atoms with Gasteiger partial charge in [-0.3, -0.25) is 0 Å². The van der Waals surface area contributed by atoms with Crippen LogP contribution in [0.3, 0.4) is 0 Å². The van der Waals surface area contributed by atoms with Crippen LogP contribution in [0.15, 0.2) is 0 Å². The fraction of sp³-hybridized carbons (Fsp3) is 1.00. The predicted molar refractivity (Wildman–Crippen MR) is 36.2 cm³/mol. The Morgan fingerprint density at radius 2 is 1.86 bits per heavy atom. The highest BCUT2D eigenvalue weighted by Crippen LogP contribution is 1.94. The molecule has 1 nitrogen and oxygen atoms in total. The van der Waals surface area contributed by atoms with E-state index in [4.69, 9.17) is 0 Å². The Labute approximate surface area is 46.7 Å². The maximum atomic E-state index is 3.19. The van der Waals surface area contributed by atoms with Crippen LogP contribution in [0, 0.1) is 0 Å². The van der Waals surface area contributed by atoms with Gasteiger partial charge in [-0.05, 0) is 12.5 Å². The SMILES string of the molecule is CBC(C)(C)NC. The molecule has 0 fully saturated rings. The molecule has 7 heavy (non-hydrogen) atoms.